The van der Waals surface area contributed by atoms with Gasteiger partial charge in [0, 0.05) is 11.8 Å². The fourth-order valence-electron chi connectivity index (χ4n) is 2.81. The molecule has 0 spiro atoms. The van der Waals surface area contributed by atoms with E-state index < -0.39 is 11.6 Å². The van der Waals surface area contributed by atoms with Gasteiger partial charge in [-0.3, -0.25) is 10.1 Å². The first-order valence-electron chi connectivity index (χ1n) is 8.63. The highest BCUT2D eigenvalue weighted by molar-refractivity contribution is 5.92. The molecule has 0 radical (unpaired) electrons. The van der Waals surface area contributed by atoms with Gasteiger partial charge in [-0.15, -0.1) is 0 Å². The number of halogens is 2. The van der Waals surface area contributed by atoms with Gasteiger partial charge in [0.25, 0.3) is 0 Å². The predicted molar refractivity (Wildman–Crippen MR) is 102 cm³/mol. The topological polar surface area (TPSA) is 41.1 Å². The lowest BCUT2D eigenvalue weighted by Gasteiger charge is -2.20. The molecule has 3 aromatic carbocycles. The molecule has 0 aromatic heterocycles. The molecule has 0 saturated carbocycles. The Bertz CT molecular complexity index is 911. The molecule has 0 heterocycles. The van der Waals surface area contributed by atoms with Crippen LogP contribution < -0.4 is 10.6 Å². The lowest BCUT2D eigenvalue weighted by atomic mass is 9.98. The average Bonchev–Trinajstić information content (AvgIpc) is 2.67. The Labute approximate surface area is 157 Å². The van der Waals surface area contributed by atoms with Gasteiger partial charge in [-0.25, -0.2) is 8.78 Å². The molecule has 1 atom stereocenters. The van der Waals surface area contributed by atoms with Crippen molar-refractivity contribution in [1.29, 1.82) is 0 Å². The van der Waals surface area contributed by atoms with E-state index >= 15 is 0 Å². The summed E-state index contributed by atoms with van der Waals surface area (Å²) in [6.45, 7) is 2.04. The van der Waals surface area contributed by atoms with Crippen LogP contribution in [-0.2, 0) is 4.79 Å². The van der Waals surface area contributed by atoms with Crippen molar-refractivity contribution in [2.45, 2.75) is 13.0 Å². The molecule has 27 heavy (non-hydrogen) atoms. The van der Waals surface area contributed by atoms with Crippen LogP contribution >= 0.6 is 0 Å². The maximum atomic E-state index is 13.3. The highest BCUT2D eigenvalue weighted by Crippen LogP contribution is 2.22. The molecule has 2 N–H and O–H groups in total. The van der Waals surface area contributed by atoms with E-state index in [-0.39, 0.29) is 24.2 Å². The highest BCUT2D eigenvalue weighted by Gasteiger charge is 2.15. The number of anilines is 1. The van der Waals surface area contributed by atoms with E-state index in [0.29, 0.717) is 0 Å². The van der Waals surface area contributed by atoms with Crippen molar-refractivity contribution in [2.24, 2.45) is 0 Å². The van der Waals surface area contributed by atoms with Crippen LogP contribution in [0.5, 0.6) is 0 Å². The summed E-state index contributed by atoms with van der Waals surface area (Å²) in [6, 6.07) is 21.0. The second-order valence-corrected chi connectivity index (χ2v) is 6.31. The molecule has 3 nitrogen and oxygen atoms in total. The first-order chi connectivity index (χ1) is 13.0. The van der Waals surface area contributed by atoms with Gasteiger partial charge in [-0.2, -0.15) is 0 Å². The van der Waals surface area contributed by atoms with Crippen molar-refractivity contribution in [3.8, 4) is 0 Å². The number of amides is 1. The summed E-state index contributed by atoms with van der Waals surface area (Å²) in [5.74, 6) is -2.29. The Morgan fingerprint density at radius 1 is 0.889 bits per heavy atom. The highest BCUT2D eigenvalue weighted by atomic mass is 19.2. The third-order valence-electron chi connectivity index (χ3n) is 4.21. The average molecular weight is 366 g/mol. The molecule has 0 unspecified atom stereocenters. The van der Waals surface area contributed by atoms with Crippen molar-refractivity contribution in [3.63, 3.8) is 0 Å². The zero-order valence-electron chi connectivity index (χ0n) is 14.9. The number of hydrogen-bond acceptors (Lipinski definition) is 2. The molecule has 3 aromatic rings. The van der Waals surface area contributed by atoms with Gasteiger partial charge in [0.15, 0.2) is 11.6 Å². The minimum atomic E-state index is -0.998. The van der Waals surface area contributed by atoms with Crippen molar-refractivity contribution >= 4 is 11.6 Å². The minimum Gasteiger partial charge on any atom is -0.325 e. The van der Waals surface area contributed by atoms with Crippen LogP contribution in [0.1, 0.15) is 22.7 Å². The van der Waals surface area contributed by atoms with Gasteiger partial charge in [-0.05, 0) is 30.2 Å². The molecule has 0 fully saturated rings. The molecule has 0 aliphatic heterocycles. The summed E-state index contributed by atoms with van der Waals surface area (Å²) in [7, 11) is 0. The van der Waals surface area contributed by atoms with Gasteiger partial charge in [-0.1, -0.05) is 60.2 Å². The van der Waals surface area contributed by atoms with Gasteiger partial charge in [0.1, 0.15) is 0 Å². The normalized spacial score (nSPS) is 11.8. The molecule has 138 valence electrons. The Hall–Kier alpha value is -3.05. The molecule has 5 heteroatoms. The summed E-state index contributed by atoms with van der Waals surface area (Å²) in [5, 5.41) is 5.81. The van der Waals surface area contributed by atoms with Crippen LogP contribution in [0.15, 0.2) is 72.8 Å². The predicted octanol–water partition coefficient (Wildman–Crippen LogP) is 4.59. The molecular weight excluding hydrogens is 346 g/mol. The van der Waals surface area contributed by atoms with Crippen LogP contribution in [0, 0.1) is 18.6 Å². The van der Waals surface area contributed by atoms with Gasteiger partial charge in [0.05, 0.1) is 12.6 Å². The molecule has 0 saturated heterocycles. The Kier molecular flexibility index (Phi) is 5.94. The van der Waals surface area contributed by atoms with Crippen LogP contribution in [0.4, 0.5) is 14.5 Å². The summed E-state index contributed by atoms with van der Waals surface area (Å²) in [4.78, 5) is 12.2. The number of hydrogen-bond donors (Lipinski definition) is 2. The number of rotatable bonds is 6. The van der Waals surface area contributed by atoms with Crippen LogP contribution in [0.25, 0.3) is 0 Å². The molecule has 0 aliphatic rings. The fraction of sp³-hybridized carbons (Fsp3) is 0.136. The van der Waals surface area contributed by atoms with Gasteiger partial charge in [0.2, 0.25) is 5.91 Å². The zero-order valence-corrected chi connectivity index (χ0v) is 14.9. The standard InChI is InChI=1S/C22H20F2N2O/c1-15-7-9-17(10-8-15)22(16-5-3-2-4-6-16)25-14-21(27)26-18-11-12-19(23)20(24)13-18/h2-13,22,25H,14H2,1H3,(H,26,27)/t22-/m1/s1. The maximum absolute atomic E-state index is 13.3. The lowest BCUT2D eigenvalue weighted by molar-refractivity contribution is -0.115. The Balaban J connectivity index is 1.71. The Morgan fingerprint density at radius 3 is 2.22 bits per heavy atom. The lowest BCUT2D eigenvalue weighted by Crippen LogP contribution is -2.32. The van der Waals surface area contributed by atoms with E-state index in [1.807, 2.05) is 61.5 Å². The Morgan fingerprint density at radius 2 is 1.56 bits per heavy atom. The van der Waals surface area contributed by atoms with E-state index in [1.54, 1.807) is 0 Å². The van der Waals surface area contributed by atoms with E-state index in [2.05, 4.69) is 10.6 Å². The summed E-state index contributed by atoms with van der Waals surface area (Å²) < 4.78 is 26.3. The molecule has 0 bridgehead atoms. The maximum Gasteiger partial charge on any atom is 0.238 e. The largest absolute Gasteiger partial charge is 0.325 e. The smallest absolute Gasteiger partial charge is 0.238 e. The third-order valence-corrected chi connectivity index (χ3v) is 4.21. The molecular formula is C22H20F2N2O. The van der Waals surface area contributed by atoms with E-state index in [1.165, 1.54) is 6.07 Å². The number of aryl methyl sites for hydroxylation is 1. The summed E-state index contributed by atoms with van der Waals surface area (Å²) >= 11 is 0. The van der Waals surface area contributed by atoms with E-state index in [9.17, 15) is 13.6 Å². The first kappa shape index (κ1) is 18.7. The fourth-order valence-corrected chi connectivity index (χ4v) is 2.81. The van der Waals surface area contributed by atoms with Crippen molar-refractivity contribution in [1.82, 2.24) is 5.32 Å². The SMILES string of the molecule is Cc1ccc([C@H](NCC(=O)Nc2ccc(F)c(F)c2)c2ccccc2)cc1. The van der Waals surface area contributed by atoms with E-state index in [4.69, 9.17) is 0 Å². The van der Waals surface area contributed by atoms with E-state index in [0.717, 1.165) is 28.8 Å². The number of carbonyl (C=O) groups is 1. The molecule has 3 rings (SSSR count). The zero-order chi connectivity index (χ0) is 19.2. The third kappa shape index (κ3) is 4.99. The number of benzene rings is 3. The second-order valence-electron chi connectivity index (χ2n) is 6.31. The van der Waals surface area contributed by atoms with Crippen molar-refractivity contribution in [2.75, 3.05) is 11.9 Å². The molecule has 1 amide bonds. The van der Waals surface area contributed by atoms with Gasteiger partial charge >= 0.3 is 0 Å². The minimum absolute atomic E-state index is 0.0203. The summed E-state index contributed by atoms with van der Waals surface area (Å²) in [6.07, 6.45) is 0. The second kappa shape index (κ2) is 8.56. The number of carbonyl (C=O) groups excluding carboxylic acids is 1. The van der Waals surface area contributed by atoms with Crippen LogP contribution in [0.3, 0.4) is 0 Å². The van der Waals surface area contributed by atoms with Crippen LogP contribution in [0.2, 0.25) is 0 Å². The number of nitrogens with one attached hydrogen (secondary N) is 2. The quantitative estimate of drug-likeness (QED) is 0.670. The first-order valence-corrected chi connectivity index (χ1v) is 8.63. The monoisotopic (exact) mass is 366 g/mol. The van der Waals surface area contributed by atoms with Crippen molar-refractivity contribution < 1.29 is 13.6 Å². The van der Waals surface area contributed by atoms with Crippen LogP contribution in [-0.4, -0.2) is 12.5 Å². The van der Waals surface area contributed by atoms with Gasteiger partial charge < -0.3 is 5.32 Å². The molecule has 0 aliphatic carbocycles. The summed E-state index contributed by atoms with van der Waals surface area (Å²) in [5.41, 5.74) is 3.43. The van der Waals surface area contributed by atoms with Crippen molar-refractivity contribution in [3.05, 3.63) is 101 Å².